The predicted octanol–water partition coefficient (Wildman–Crippen LogP) is 4.09. The zero-order chi connectivity index (χ0) is 22.6. The van der Waals surface area contributed by atoms with E-state index in [0.29, 0.717) is 18.7 Å². The fourth-order valence-electron chi connectivity index (χ4n) is 3.44. The van der Waals surface area contributed by atoms with Gasteiger partial charge in [-0.15, -0.1) is 0 Å². The predicted molar refractivity (Wildman–Crippen MR) is 122 cm³/mol. The van der Waals surface area contributed by atoms with Crippen LogP contribution in [0.15, 0.2) is 41.8 Å². The molecule has 1 saturated heterocycles. The number of benzene rings is 1. The molecule has 0 bridgehead atoms. The third kappa shape index (κ3) is 6.50. The van der Waals surface area contributed by atoms with E-state index in [2.05, 4.69) is 17.2 Å². The topological polar surface area (TPSA) is 76.5 Å². The minimum absolute atomic E-state index is 0.112. The van der Waals surface area contributed by atoms with Crippen molar-refractivity contribution in [2.45, 2.75) is 56.7 Å². The summed E-state index contributed by atoms with van der Waals surface area (Å²) in [5.74, 6) is 0.898. The SMILES string of the molecule is C[C@H]1CCN(C(=O)OC(C)(C)C)C[C@@H]1NC(=O)c1cccc(CSc2nccn2C)c1. The molecule has 8 heteroatoms. The first-order valence-electron chi connectivity index (χ1n) is 10.6. The lowest BCUT2D eigenvalue weighted by Crippen LogP contribution is -2.54. The highest BCUT2D eigenvalue weighted by molar-refractivity contribution is 7.98. The van der Waals surface area contributed by atoms with Gasteiger partial charge in [-0.05, 0) is 50.8 Å². The van der Waals surface area contributed by atoms with Crippen molar-refractivity contribution in [2.75, 3.05) is 13.1 Å². The fourth-order valence-corrected chi connectivity index (χ4v) is 4.32. The molecule has 0 unspecified atom stereocenters. The van der Waals surface area contributed by atoms with Crippen molar-refractivity contribution in [3.8, 4) is 0 Å². The van der Waals surface area contributed by atoms with Gasteiger partial charge in [0.15, 0.2) is 5.16 Å². The number of aromatic nitrogens is 2. The molecule has 3 rings (SSSR count). The number of imidazole rings is 1. The summed E-state index contributed by atoms with van der Waals surface area (Å²) in [4.78, 5) is 31.4. The zero-order valence-electron chi connectivity index (χ0n) is 18.9. The van der Waals surface area contributed by atoms with Crippen LogP contribution in [0.4, 0.5) is 4.79 Å². The number of aryl methyl sites for hydroxylation is 1. The summed E-state index contributed by atoms with van der Waals surface area (Å²) in [6.07, 6.45) is 4.19. The normalized spacial score (nSPS) is 19.2. The summed E-state index contributed by atoms with van der Waals surface area (Å²) < 4.78 is 7.47. The number of piperidine rings is 1. The number of thioether (sulfide) groups is 1. The lowest BCUT2D eigenvalue weighted by Gasteiger charge is -2.38. The van der Waals surface area contributed by atoms with Crippen molar-refractivity contribution < 1.29 is 14.3 Å². The summed E-state index contributed by atoms with van der Waals surface area (Å²) in [6.45, 7) is 8.78. The van der Waals surface area contributed by atoms with Gasteiger partial charge in [0.2, 0.25) is 0 Å². The van der Waals surface area contributed by atoms with Crippen LogP contribution in [0.5, 0.6) is 0 Å². The number of likely N-dealkylation sites (tertiary alicyclic amines) is 1. The van der Waals surface area contributed by atoms with Crippen molar-refractivity contribution in [3.05, 3.63) is 47.8 Å². The molecule has 0 radical (unpaired) electrons. The van der Waals surface area contributed by atoms with Crippen LogP contribution in [0.25, 0.3) is 0 Å². The monoisotopic (exact) mass is 444 g/mol. The van der Waals surface area contributed by atoms with Crippen LogP contribution in [0.3, 0.4) is 0 Å². The summed E-state index contributed by atoms with van der Waals surface area (Å²) >= 11 is 1.63. The van der Waals surface area contributed by atoms with Crippen molar-refractivity contribution in [1.29, 1.82) is 0 Å². The van der Waals surface area contributed by atoms with Crippen molar-refractivity contribution in [2.24, 2.45) is 13.0 Å². The number of nitrogens with zero attached hydrogens (tertiary/aromatic N) is 3. The number of hydrogen-bond donors (Lipinski definition) is 1. The van der Waals surface area contributed by atoms with E-state index in [-0.39, 0.29) is 24.0 Å². The molecule has 168 valence electrons. The van der Waals surface area contributed by atoms with Crippen LogP contribution in [0, 0.1) is 5.92 Å². The Balaban J connectivity index is 1.60. The van der Waals surface area contributed by atoms with Gasteiger partial charge >= 0.3 is 6.09 Å². The molecule has 1 aliphatic heterocycles. The van der Waals surface area contributed by atoms with Gasteiger partial charge in [0.1, 0.15) is 5.60 Å². The lowest BCUT2D eigenvalue weighted by atomic mass is 9.93. The van der Waals surface area contributed by atoms with Crippen molar-refractivity contribution in [3.63, 3.8) is 0 Å². The van der Waals surface area contributed by atoms with E-state index in [4.69, 9.17) is 4.74 Å². The molecule has 1 aromatic heterocycles. The van der Waals surface area contributed by atoms with E-state index in [9.17, 15) is 9.59 Å². The molecule has 2 amide bonds. The summed E-state index contributed by atoms with van der Waals surface area (Å²) in [5, 5.41) is 4.07. The highest BCUT2D eigenvalue weighted by Crippen LogP contribution is 2.22. The van der Waals surface area contributed by atoms with Crippen LogP contribution in [-0.2, 0) is 17.5 Å². The molecule has 31 heavy (non-hydrogen) atoms. The van der Waals surface area contributed by atoms with Crippen LogP contribution in [0.2, 0.25) is 0 Å². The average Bonchev–Trinajstić information content (AvgIpc) is 3.11. The Morgan fingerprint density at radius 2 is 2.10 bits per heavy atom. The molecular formula is C23H32N4O3S. The Kier molecular flexibility index (Phi) is 7.30. The number of ether oxygens (including phenoxy) is 1. The Morgan fingerprint density at radius 1 is 1.32 bits per heavy atom. The third-order valence-corrected chi connectivity index (χ3v) is 6.39. The maximum atomic E-state index is 12.9. The van der Waals surface area contributed by atoms with Gasteiger partial charge in [-0.25, -0.2) is 9.78 Å². The Hall–Kier alpha value is -2.48. The Labute approximate surface area is 188 Å². The van der Waals surface area contributed by atoms with E-state index in [1.807, 2.05) is 62.8 Å². The smallest absolute Gasteiger partial charge is 0.410 e. The summed E-state index contributed by atoms with van der Waals surface area (Å²) in [5.41, 5.74) is 1.15. The molecule has 0 aliphatic carbocycles. The van der Waals surface area contributed by atoms with E-state index >= 15 is 0 Å². The quantitative estimate of drug-likeness (QED) is 0.703. The van der Waals surface area contributed by atoms with E-state index in [1.54, 1.807) is 22.9 Å². The lowest BCUT2D eigenvalue weighted by molar-refractivity contribution is 0.0146. The molecule has 1 aliphatic rings. The molecule has 0 saturated carbocycles. The second-order valence-corrected chi connectivity index (χ2v) is 10.0. The number of amides is 2. The molecule has 1 N–H and O–H groups in total. The molecule has 2 aromatic rings. The Morgan fingerprint density at radius 3 is 2.77 bits per heavy atom. The largest absolute Gasteiger partial charge is 0.444 e. The molecule has 2 atom stereocenters. The van der Waals surface area contributed by atoms with Crippen molar-refractivity contribution in [1.82, 2.24) is 19.8 Å². The van der Waals surface area contributed by atoms with Gasteiger partial charge in [0.25, 0.3) is 5.91 Å². The average molecular weight is 445 g/mol. The first-order chi connectivity index (χ1) is 14.6. The Bertz CT molecular complexity index is 922. The molecule has 7 nitrogen and oxygen atoms in total. The number of carbonyl (C=O) groups is 2. The van der Waals surface area contributed by atoms with Crippen LogP contribution < -0.4 is 5.32 Å². The maximum Gasteiger partial charge on any atom is 0.410 e. The second kappa shape index (κ2) is 9.77. The number of hydrogen-bond acceptors (Lipinski definition) is 5. The second-order valence-electron chi connectivity index (χ2n) is 9.08. The number of carbonyl (C=O) groups excluding carboxylic acids is 2. The van der Waals surface area contributed by atoms with Crippen LogP contribution >= 0.6 is 11.8 Å². The van der Waals surface area contributed by atoms with E-state index in [0.717, 1.165) is 22.9 Å². The molecular weight excluding hydrogens is 412 g/mol. The van der Waals surface area contributed by atoms with Crippen LogP contribution in [0.1, 0.15) is 50.0 Å². The number of nitrogens with one attached hydrogen (secondary N) is 1. The fraction of sp³-hybridized carbons (Fsp3) is 0.522. The molecule has 1 fully saturated rings. The summed E-state index contributed by atoms with van der Waals surface area (Å²) in [6, 6.07) is 7.55. The van der Waals surface area contributed by atoms with Gasteiger partial charge in [-0.2, -0.15) is 0 Å². The standard InChI is InChI=1S/C23H32N4O3S/c1-16-9-11-27(22(29)30-23(2,3)4)14-19(16)25-20(28)18-8-6-7-17(13-18)15-31-21-24-10-12-26(21)5/h6-8,10,12-13,16,19H,9,11,14-15H2,1-5H3,(H,25,28)/t16-,19-/m0/s1. The number of rotatable bonds is 5. The first-order valence-corrected chi connectivity index (χ1v) is 11.6. The van der Waals surface area contributed by atoms with Crippen molar-refractivity contribution >= 4 is 23.8 Å². The first kappa shape index (κ1) is 23.2. The van der Waals surface area contributed by atoms with Gasteiger partial charge in [-0.1, -0.05) is 30.8 Å². The van der Waals surface area contributed by atoms with E-state index < -0.39 is 5.60 Å². The molecule has 1 aromatic carbocycles. The van der Waals surface area contributed by atoms with Crippen LogP contribution in [-0.4, -0.2) is 51.2 Å². The van der Waals surface area contributed by atoms with Gasteiger partial charge in [-0.3, -0.25) is 4.79 Å². The summed E-state index contributed by atoms with van der Waals surface area (Å²) in [7, 11) is 1.96. The molecule has 2 heterocycles. The zero-order valence-corrected chi connectivity index (χ0v) is 19.7. The van der Waals surface area contributed by atoms with Gasteiger partial charge in [0, 0.05) is 49.9 Å². The highest BCUT2D eigenvalue weighted by atomic mass is 32.2. The highest BCUT2D eigenvalue weighted by Gasteiger charge is 2.32. The maximum absolute atomic E-state index is 12.9. The molecule has 0 spiro atoms. The third-order valence-electron chi connectivity index (χ3n) is 5.26. The minimum atomic E-state index is -0.535. The van der Waals surface area contributed by atoms with E-state index in [1.165, 1.54) is 0 Å². The van der Waals surface area contributed by atoms with Gasteiger partial charge < -0.3 is 19.5 Å². The van der Waals surface area contributed by atoms with Gasteiger partial charge in [0.05, 0.1) is 0 Å². The minimum Gasteiger partial charge on any atom is -0.444 e.